The van der Waals surface area contributed by atoms with Gasteiger partial charge in [0, 0.05) is 29.3 Å². The zero-order valence-corrected chi connectivity index (χ0v) is 16.6. The number of rotatable bonds is 7. The van der Waals surface area contributed by atoms with Crippen LogP contribution in [0.1, 0.15) is 41.9 Å². The Kier molecular flexibility index (Phi) is 6.23. The van der Waals surface area contributed by atoms with E-state index in [2.05, 4.69) is 16.2 Å². The van der Waals surface area contributed by atoms with Crippen LogP contribution < -0.4 is 0 Å². The molecule has 0 bridgehead atoms. The number of carbonyl (C=O) groups is 1. The van der Waals surface area contributed by atoms with Crippen LogP contribution in [0.3, 0.4) is 0 Å². The standard InChI is InChI=1S/C22H21ClN4O/c1-15-12-21(27(26-15)20-5-3-4-18(23)13-20)8-9-22(28)16(2)17-6-7-19(10-11-24)25-14-17/h3-7,12-14,16H,8-10H2,1-2H3. The van der Waals surface area contributed by atoms with Crippen LogP contribution in [0.15, 0.2) is 48.7 Å². The molecule has 0 saturated heterocycles. The Morgan fingerprint density at radius 3 is 2.79 bits per heavy atom. The molecule has 6 heteroatoms. The summed E-state index contributed by atoms with van der Waals surface area (Å²) >= 11 is 6.10. The predicted octanol–water partition coefficient (Wildman–Crippen LogP) is 4.60. The first-order valence-electron chi connectivity index (χ1n) is 9.14. The molecule has 5 nitrogen and oxygen atoms in total. The van der Waals surface area contributed by atoms with E-state index >= 15 is 0 Å². The molecule has 142 valence electrons. The number of halogens is 1. The van der Waals surface area contributed by atoms with E-state index in [0.29, 0.717) is 23.6 Å². The Hall–Kier alpha value is -2.97. The molecule has 0 aliphatic rings. The molecule has 3 aromatic rings. The van der Waals surface area contributed by atoms with Crippen molar-refractivity contribution in [2.75, 3.05) is 0 Å². The minimum atomic E-state index is -0.243. The summed E-state index contributed by atoms with van der Waals surface area (Å²) < 4.78 is 1.84. The minimum Gasteiger partial charge on any atom is -0.299 e. The maximum atomic E-state index is 12.7. The summed E-state index contributed by atoms with van der Waals surface area (Å²) in [6, 6.07) is 15.3. The first-order chi connectivity index (χ1) is 13.5. The second-order valence-corrected chi connectivity index (χ2v) is 7.21. The number of nitriles is 1. The zero-order valence-electron chi connectivity index (χ0n) is 15.9. The van der Waals surface area contributed by atoms with Crippen molar-refractivity contribution in [2.45, 2.75) is 39.0 Å². The molecule has 0 aliphatic heterocycles. The van der Waals surface area contributed by atoms with E-state index < -0.39 is 0 Å². The van der Waals surface area contributed by atoms with Crippen LogP contribution in [0, 0.1) is 18.3 Å². The summed E-state index contributed by atoms with van der Waals surface area (Å²) in [4.78, 5) is 17.0. The third-order valence-corrected chi connectivity index (χ3v) is 4.91. The van der Waals surface area contributed by atoms with Gasteiger partial charge < -0.3 is 0 Å². The van der Waals surface area contributed by atoms with Gasteiger partial charge in [0.15, 0.2) is 0 Å². The molecule has 0 N–H and O–H groups in total. The van der Waals surface area contributed by atoms with Gasteiger partial charge in [0.25, 0.3) is 0 Å². The van der Waals surface area contributed by atoms with Crippen molar-refractivity contribution in [1.29, 1.82) is 5.26 Å². The number of hydrogen-bond donors (Lipinski definition) is 0. The molecule has 1 atom stereocenters. The Morgan fingerprint density at radius 1 is 1.29 bits per heavy atom. The van der Waals surface area contributed by atoms with E-state index in [9.17, 15) is 4.79 Å². The van der Waals surface area contributed by atoms with Crippen molar-refractivity contribution >= 4 is 17.4 Å². The van der Waals surface area contributed by atoms with E-state index in [-0.39, 0.29) is 18.1 Å². The van der Waals surface area contributed by atoms with Crippen molar-refractivity contribution in [1.82, 2.24) is 14.8 Å². The van der Waals surface area contributed by atoms with Crippen LogP contribution in [-0.4, -0.2) is 20.5 Å². The van der Waals surface area contributed by atoms with Gasteiger partial charge in [0.2, 0.25) is 0 Å². The molecule has 28 heavy (non-hydrogen) atoms. The van der Waals surface area contributed by atoms with Crippen LogP contribution in [0.25, 0.3) is 5.69 Å². The molecule has 2 heterocycles. The first kappa shape index (κ1) is 19.8. The van der Waals surface area contributed by atoms with Crippen LogP contribution in [-0.2, 0) is 17.6 Å². The van der Waals surface area contributed by atoms with Crippen LogP contribution in [0.2, 0.25) is 5.02 Å². The smallest absolute Gasteiger partial charge is 0.140 e. The number of carbonyl (C=O) groups excluding carboxylic acids is 1. The molecule has 0 saturated carbocycles. The molecule has 3 rings (SSSR count). The lowest BCUT2D eigenvalue weighted by molar-refractivity contribution is -0.120. The number of pyridine rings is 1. The van der Waals surface area contributed by atoms with Gasteiger partial charge in [-0.15, -0.1) is 0 Å². The Morgan fingerprint density at radius 2 is 2.11 bits per heavy atom. The second kappa shape index (κ2) is 8.81. The second-order valence-electron chi connectivity index (χ2n) is 6.77. The Labute approximate surface area is 169 Å². The highest BCUT2D eigenvalue weighted by atomic mass is 35.5. The third-order valence-electron chi connectivity index (χ3n) is 4.68. The molecule has 0 fully saturated rings. The number of ketones is 1. The highest BCUT2D eigenvalue weighted by Gasteiger charge is 2.17. The van der Waals surface area contributed by atoms with Crippen molar-refractivity contribution in [3.8, 4) is 11.8 Å². The third kappa shape index (κ3) is 4.65. The lowest BCUT2D eigenvalue weighted by Crippen LogP contribution is -2.12. The van der Waals surface area contributed by atoms with Crippen molar-refractivity contribution in [3.63, 3.8) is 0 Å². The summed E-state index contributed by atoms with van der Waals surface area (Å²) in [5, 5.41) is 13.9. The topological polar surface area (TPSA) is 71.6 Å². The Balaban J connectivity index is 1.70. The minimum absolute atomic E-state index is 0.145. The summed E-state index contributed by atoms with van der Waals surface area (Å²) in [6.07, 6.45) is 2.97. The molecule has 0 aliphatic carbocycles. The van der Waals surface area contributed by atoms with Gasteiger partial charge in [0.1, 0.15) is 5.78 Å². The number of aromatic nitrogens is 3. The fourth-order valence-electron chi connectivity index (χ4n) is 3.09. The summed E-state index contributed by atoms with van der Waals surface area (Å²) in [5.41, 5.74) is 4.34. The fourth-order valence-corrected chi connectivity index (χ4v) is 3.28. The highest BCUT2D eigenvalue weighted by Crippen LogP contribution is 2.21. The van der Waals surface area contributed by atoms with E-state index in [0.717, 1.165) is 22.6 Å². The summed E-state index contributed by atoms with van der Waals surface area (Å²) in [7, 11) is 0. The van der Waals surface area contributed by atoms with E-state index in [1.165, 1.54) is 0 Å². The van der Waals surface area contributed by atoms with Gasteiger partial charge in [-0.3, -0.25) is 9.78 Å². The van der Waals surface area contributed by atoms with Gasteiger partial charge >= 0.3 is 0 Å². The van der Waals surface area contributed by atoms with E-state index in [1.807, 2.05) is 54.9 Å². The van der Waals surface area contributed by atoms with Crippen LogP contribution in [0.5, 0.6) is 0 Å². The quantitative estimate of drug-likeness (QED) is 0.589. The van der Waals surface area contributed by atoms with Gasteiger partial charge in [-0.1, -0.05) is 30.7 Å². The highest BCUT2D eigenvalue weighted by molar-refractivity contribution is 6.30. The number of benzene rings is 1. The number of aryl methyl sites for hydroxylation is 2. The Bertz CT molecular complexity index is 1020. The lowest BCUT2D eigenvalue weighted by atomic mass is 9.94. The van der Waals surface area contributed by atoms with Gasteiger partial charge in [0.05, 0.1) is 29.6 Å². The largest absolute Gasteiger partial charge is 0.299 e. The summed E-state index contributed by atoms with van der Waals surface area (Å²) in [5.74, 6) is -0.0985. The molecule has 0 radical (unpaired) electrons. The summed E-state index contributed by atoms with van der Waals surface area (Å²) in [6.45, 7) is 3.83. The molecular weight excluding hydrogens is 372 g/mol. The molecule has 2 aromatic heterocycles. The van der Waals surface area contributed by atoms with Gasteiger partial charge in [-0.2, -0.15) is 10.4 Å². The predicted molar refractivity (Wildman–Crippen MR) is 109 cm³/mol. The van der Waals surface area contributed by atoms with Gasteiger partial charge in [-0.25, -0.2) is 4.68 Å². The van der Waals surface area contributed by atoms with Crippen molar-refractivity contribution in [3.05, 3.63) is 76.3 Å². The number of Topliss-reactive ketones (excluding diaryl/α,β-unsaturated/α-hetero) is 1. The average molecular weight is 393 g/mol. The normalized spacial score (nSPS) is 11.8. The molecule has 1 aromatic carbocycles. The molecular formula is C22H21ClN4O. The lowest BCUT2D eigenvalue weighted by Gasteiger charge is -2.12. The fraction of sp³-hybridized carbons (Fsp3) is 0.273. The number of nitrogens with zero attached hydrogens (tertiary/aromatic N) is 4. The maximum absolute atomic E-state index is 12.7. The first-order valence-corrected chi connectivity index (χ1v) is 9.51. The zero-order chi connectivity index (χ0) is 20.1. The van der Waals surface area contributed by atoms with Crippen molar-refractivity contribution in [2.24, 2.45) is 0 Å². The van der Waals surface area contributed by atoms with E-state index in [4.69, 9.17) is 16.9 Å². The molecule has 1 unspecified atom stereocenters. The van der Waals surface area contributed by atoms with Crippen LogP contribution in [0.4, 0.5) is 0 Å². The maximum Gasteiger partial charge on any atom is 0.140 e. The monoisotopic (exact) mass is 392 g/mol. The SMILES string of the molecule is Cc1cc(CCC(=O)C(C)c2ccc(CC#N)nc2)n(-c2cccc(Cl)c2)n1. The molecule has 0 amide bonds. The number of hydrogen-bond acceptors (Lipinski definition) is 4. The average Bonchev–Trinajstić information content (AvgIpc) is 3.07. The van der Waals surface area contributed by atoms with Crippen molar-refractivity contribution < 1.29 is 4.79 Å². The van der Waals surface area contributed by atoms with Gasteiger partial charge in [-0.05, 0) is 49.2 Å². The van der Waals surface area contributed by atoms with E-state index in [1.54, 1.807) is 12.3 Å². The molecule has 0 spiro atoms. The van der Waals surface area contributed by atoms with Crippen LogP contribution >= 0.6 is 11.6 Å².